The zero-order valence-corrected chi connectivity index (χ0v) is 10.9. The van der Waals surface area contributed by atoms with Gasteiger partial charge in [0.15, 0.2) is 0 Å². The fraction of sp³-hybridized carbons (Fsp3) is 0.214. The van der Waals surface area contributed by atoms with Gasteiger partial charge in [0.2, 0.25) is 0 Å². The Labute approximate surface area is 109 Å². The van der Waals surface area contributed by atoms with Gasteiger partial charge in [-0.2, -0.15) is 0 Å². The van der Waals surface area contributed by atoms with Gasteiger partial charge in [-0.3, -0.25) is 4.79 Å². The predicted octanol–water partition coefficient (Wildman–Crippen LogP) is 3.17. The summed E-state index contributed by atoms with van der Waals surface area (Å²) in [5.74, 6) is -0.466. The van der Waals surface area contributed by atoms with Crippen LogP contribution in [0.3, 0.4) is 0 Å². The van der Waals surface area contributed by atoms with E-state index in [1.807, 2.05) is 17.5 Å². The second-order valence-electron chi connectivity index (χ2n) is 4.04. The van der Waals surface area contributed by atoms with E-state index in [9.17, 15) is 9.18 Å². The van der Waals surface area contributed by atoms with Crippen molar-refractivity contribution in [2.24, 2.45) is 0 Å². The Hall–Kier alpha value is -1.68. The maximum absolute atomic E-state index is 12.9. The number of hydrogen-bond donors (Lipinski definition) is 1. The molecule has 0 saturated heterocycles. The van der Waals surface area contributed by atoms with E-state index in [-0.39, 0.29) is 11.7 Å². The van der Waals surface area contributed by atoms with Gasteiger partial charge in [-0.05, 0) is 48.6 Å². The van der Waals surface area contributed by atoms with E-state index >= 15 is 0 Å². The third-order valence-electron chi connectivity index (χ3n) is 2.67. The molecule has 0 radical (unpaired) electrons. The molecule has 2 nitrogen and oxygen atoms in total. The first-order chi connectivity index (χ1) is 8.66. The van der Waals surface area contributed by atoms with Crippen molar-refractivity contribution >= 4 is 17.2 Å². The Morgan fingerprint density at radius 3 is 2.89 bits per heavy atom. The van der Waals surface area contributed by atoms with Gasteiger partial charge in [-0.15, -0.1) is 11.3 Å². The highest BCUT2D eigenvalue weighted by Gasteiger charge is 2.08. The maximum Gasteiger partial charge on any atom is 0.251 e. The molecular formula is C14H14FNOS. The first-order valence-corrected chi connectivity index (χ1v) is 6.61. The van der Waals surface area contributed by atoms with Crippen LogP contribution in [0, 0.1) is 12.7 Å². The molecule has 0 bridgehead atoms. The predicted molar refractivity (Wildman–Crippen MR) is 71.5 cm³/mol. The fourth-order valence-corrected chi connectivity index (χ4v) is 2.44. The SMILES string of the molecule is Cc1cc(F)ccc1C(=O)NCCc1cccs1. The van der Waals surface area contributed by atoms with Crippen LogP contribution in [0.25, 0.3) is 0 Å². The average Bonchev–Trinajstić information content (AvgIpc) is 2.81. The van der Waals surface area contributed by atoms with Crippen molar-refractivity contribution in [2.75, 3.05) is 6.54 Å². The van der Waals surface area contributed by atoms with Crippen molar-refractivity contribution in [3.63, 3.8) is 0 Å². The second-order valence-corrected chi connectivity index (χ2v) is 5.08. The fourth-order valence-electron chi connectivity index (χ4n) is 1.73. The number of thiophene rings is 1. The minimum atomic E-state index is -0.317. The lowest BCUT2D eigenvalue weighted by molar-refractivity contribution is 0.0953. The number of amides is 1. The van der Waals surface area contributed by atoms with Gasteiger partial charge in [0.05, 0.1) is 0 Å². The molecule has 0 aliphatic heterocycles. The number of halogens is 1. The summed E-state index contributed by atoms with van der Waals surface area (Å²) >= 11 is 1.67. The molecule has 0 aliphatic carbocycles. The number of carbonyl (C=O) groups is 1. The minimum absolute atomic E-state index is 0.149. The molecule has 0 unspecified atom stereocenters. The van der Waals surface area contributed by atoms with Gasteiger partial charge in [-0.25, -0.2) is 4.39 Å². The highest BCUT2D eigenvalue weighted by molar-refractivity contribution is 7.09. The van der Waals surface area contributed by atoms with Crippen LogP contribution in [0.15, 0.2) is 35.7 Å². The molecule has 0 atom stereocenters. The summed E-state index contributed by atoms with van der Waals surface area (Å²) in [6.45, 7) is 2.33. The van der Waals surface area contributed by atoms with Crippen molar-refractivity contribution in [2.45, 2.75) is 13.3 Å². The van der Waals surface area contributed by atoms with Crippen molar-refractivity contribution in [3.8, 4) is 0 Å². The van der Waals surface area contributed by atoms with Crippen LogP contribution >= 0.6 is 11.3 Å². The Balaban J connectivity index is 1.91. The Bertz CT molecular complexity index is 537. The van der Waals surface area contributed by atoms with E-state index in [1.54, 1.807) is 18.3 Å². The average molecular weight is 263 g/mol. The zero-order chi connectivity index (χ0) is 13.0. The van der Waals surface area contributed by atoms with Crippen molar-refractivity contribution in [1.82, 2.24) is 5.32 Å². The van der Waals surface area contributed by atoms with E-state index in [2.05, 4.69) is 5.32 Å². The highest BCUT2D eigenvalue weighted by Crippen LogP contribution is 2.11. The molecule has 1 N–H and O–H groups in total. The topological polar surface area (TPSA) is 29.1 Å². The van der Waals surface area contributed by atoms with E-state index in [4.69, 9.17) is 0 Å². The molecular weight excluding hydrogens is 249 g/mol. The van der Waals surface area contributed by atoms with Crippen LogP contribution < -0.4 is 5.32 Å². The summed E-state index contributed by atoms with van der Waals surface area (Å²) in [5, 5.41) is 4.86. The van der Waals surface area contributed by atoms with E-state index in [0.29, 0.717) is 17.7 Å². The highest BCUT2D eigenvalue weighted by atomic mass is 32.1. The van der Waals surface area contributed by atoms with Gasteiger partial charge in [0.1, 0.15) is 5.82 Å². The lowest BCUT2D eigenvalue weighted by atomic mass is 10.1. The molecule has 0 aliphatic rings. The summed E-state index contributed by atoms with van der Waals surface area (Å²) < 4.78 is 12.9. The number of carbonyl (C=O) groups excluding carboxylic acids is 1. The van der Waals surface area contributed by atoms with Gasteiger partial charge in [0.25, 0.3) is 5.91 Å². The smallest absolute Gasteiger partial charge is 0.251 e. The van der Waals surface area contributed by atoms with Crippen molar-refractivity contribution < 1.29 is 9.18 Å². The third kappa shape index (κ3) is 3.17. The molecule has 1 amide bonds. The molecule has 4 heteroatoms. The van der Waals surface area contributed by atoms with Gasteiger partial charge in [0, 0.05) is 17.0 Å². The van der Waals surface area contributed by atoms with E-state index in [1.165, 1.54) is 23.1 Å². The summed E-state index contributed by atoms with van der Waals surface area (Å²) in [5.41, 5.74) is 1.19. The standard InChI is InChI=1S/C14H14FNOS/c1-10-9-11(15)4-5-13(10)14(17)16-7-6-12-3-2-8-18-12/h2-5,8-9H,6-7H2,1H3,(H,16,17). The number of nitrogens with one attached hydrogen (secondary N) is 1. The maximum atomic E-state index is 12.9. The summed E-state index contributed by atoms with van der Waals surface area (Å²) in [6, 6.07) is 8.23. The molecule has 2 aromatic rings. The van der Waals surface area contributed by atoms with Crippen LogP contribution in [0.5, 0.6) is 0 Å². The normalized spacial score (nSPS) is 10.3. The van der Waals surface area contributed by atoms with Crippen molar-refractivity contribution in [1.29, 1.82) is 0 Å². The largest absolute Gasteiger partial charge is 0.352 e. The molecule has 1 aromatic carbocycles. The van der Waals surface area contributed by atoms with Gasteiger partial charge >= 0.3 is 0 Å². The van der Waals surface area contributed by atoms with Crippen molar-refractivity contribution in [3.05, 3.63) is 57.5 Å². The molecule has 0 fully saturated rings. The first-order valence-electron chi connectivity index (χ1n) is 5.73. The molecule has 94 valence electrons. The molecule has 2 rings (SSSR count). The minimum Gasteiger partial charge on any atom is -0.352 e. The molecule has 0 saturated carbocycles. The first kappa shape index (κ1) is 12.8. The Morgan fingerprint density at radius 1 is 1.39 bits per heavy atom. The number of benzene rings is 1. The second kappa shape index (κ2) is 5.78. The number of aryl methyl sites for hydroxylation is 1. The molecule has 18 heavy (non-hydrogen) atoms. The zero-order valence-electron chi connectivity index (χ0n) is 10.1. The van der Waals surface area contributed by atoms with Crippen LogP contribution in [-0.2, 0) is 6.42 Å². The van der Waals surface area contributed by atoms with Crippen LogP contribution in [0.2, 0.25) is 0 Å². The molecule has 1 aromatic heterocycles. The Morgan fingerprint density at radius 2 is 2.22 bits per heavy atom. The number of hydrogen-bond acceptors (Lipinski definition) is 2. The molecule has 1 heterocycles. The van der Waals surface area contributed by atoms with Gasteiger partial charge in [-0.1, -0.05) is 6.07 Å². The van der Waals surface area contributed by atoms with E-state index < -0.39 is 0 Å². The summed E-state index contributed by atoms with van der Waals surface area (Å²) in [7, 11) is 0. The van der Waals surface area contributed by atoms with E-state index in [0.717, 1.165) is 6.42 Å². The summed E-state index contributed by atoms with van der Waals surface area (Å²) in [6.07, 6.45) is 0.823. The third-order valence-corrected chi connectivity index (χ3v) is 3.61. The van der Waals surface area contributed by atoms with Gasteiger partial charge < -0.3 is 5.32 Å². The summed E-state index contributed by atoms with van der Waals surface area (Å²) in [4.78, 5) is 13.1. The van der Waals surface area contributed by atoms with Crippen LogP contribution in [0.4, 0.5) is 4.39 Å². The van der Waals surface area contributed by atoms with Crippen LogP contribution in [-0.4, -0.2) is 12.5 Å². The monoisotopic (exact) mass is 263 g/mol. The number of rotatable bonds is 4. The lowest BCUT2D eigenvalue weighted by Gasteiger charge is -2.07. The quantitative estimate of drug-likeness (QED) is 0.902. The lowest BCUT2D eigenvalue weighted by Crippen LogP contribution is -2.26. The Kier molecular flexibility index (Phi) is 4.10. The van der Waals surface area contributed by atoms with Crippen LogP contribution in [0.1, 0.15) is 20.8 Å². The molecule has 0 spiro atoms.